The van der Waals surface area contributed by atoms with Gasteiger partial charge in [0.05, 0.1) is 13.2 Å². The summed E-state index contributed by atoms with van der Waals surface area (Å²) in [5.74, 6) is -1.14. The van der Waals surface area contributed by atoms with Crippen LogP contribution in [0.5, 0.6) is 0 Å². The molecule has 1 aromatic carbocycles. The quantitative estimate of drug-likeness (QED) is 0.856. The topological polar surface area (TPSA) is 29.5 Å². The summed E-state index contributed by atoms with van der Waals surface area (Å²) in [6.07, 6.45) is 1.09. The molecule has 0 aromatic heterocycles. The molecule has 0 radical (unpaired) electrons. The molecule has 2 nitrogen and oxygen atoms in total. The van der Waals surface area contributed by atoms with Crippen molar-refractivity contribution in [1.82, 2.24) is 0 Å². The van der Waals surface area contributed by atoms with Crippen LogP contribution >= 0.6 is 0 Å². The van der Waals surface area contributed by atoms with Crippen LogP contribution in [0.3, 0.4) is 0 Å². The lowest BCUT2D eigenvalue weighted by molar-refractivity contribution is 0.0928. The van der Waals surface area contributed by atoms with Gasteiger partial charge in [0.25, 0.3) is 0 Å². The molecule has 0 bridgehead atoms. The maximum Gasteiger partial charge on any atom is 0.129 e. The van der Waals surface area contributed by atoms with Crippen molar-refractivity contribution in [3.63, 3.8) is 0 Å². The zero-order valence-corrected chi connectivity index (χ0v) is 8.88. The third kappa shape index (κ3) is 2.23. The van der Waals surface area contributed by atoms with Gasteiger partial charge in [-0.3, -0.25) is 0 Å². The fourth-order valence-corrected chi connectivity index (χ4v) is 2.04. The van der Waals surface area contributed by atoms with E-state index in [0.717, 1.165) is 6.07 Å². The van der Waals surface area contributed by atoms with Crippen molar-refractivity contribution in [2.24, 2.45) is 5.41 Å². The molecule has 1 fully saturated rings. The number of hydrogen-bond donors (Lipinski definition) is 1. The van der Waals surface area contributed by atoms with Crippen molar-refractivity contribution in [3.05, 3.63) is 35.4 Å². The molecule has 0 aliphatic carbocycles. The Bertz CT molecular complexity index is 373. The molecule has 1 aliphatic rings. The standard InChI is InChI=1S/C12H14F2O2/c13-10-2-1-9(11(14)5-10)6-12(7-15)3-4-16-8-12/h1-2,5,15H,3-4,6-8H2. The van der Waals surface area contributed by atoms with E-state index < -0.39 is 17.0 Å². The molecule has 1 N–H and O–H groups in total. The monoisotopic (exact) mass is 228 g/mol. The Morgan fingerprint density at radius 1 is 1.38 bits per heavy atom. The van der Waals surface area contributed by atoms with Crippen LogP contribution in [-0.4, -0.2) is 24.9 Å². The lowest BCUT2D eigenvalue weighted by Crippen LogP contribution is -2.28. The summed E-state index contributed by atoms with van der Waals surface area (Å²) < 4.78 is 31.4. The minimum Gasteiger partial charge on any atom is -0.396 e. The van der Waals surface area contributed by atoms with Gasteiger partial charge >= 0.3 is 0 Å². The second-order valence-electron chi connectivity index (χ2n) is 4.37. The molecular formula is C12H14F2O2. The largest absolute Gasteiger partial charge is 0.396 e. The first-order chi connectivity index (χ1) is 7.65. The minimum atomic E-state index is -0.582. The highest BCUT2D eigenvalue weighted by Gasteiger charge is 2.35. The normalized spacial score (nSPS) is 24.9. The fourth-order valence-electron chi connectivity index (χ4n) is 2.04. The fraction of sp³-hybridized carbons (Fsp3) is 0.500. The van der Waals surface area contributed by atoms with E-state index in [1.807, 2.05) is 0 Å². The van der Waals surface area contributed by atoms with Crippen molar-refractivity contribution in [2.45, 2.75) is 12.8 Å². The summed E-state index contributed by atoms with van der Waals surface area (Å²) in [6, 6.07) is 3.54. The molecule has 1 unspecified atom stereocenters. The summed E-state index contributed by atoms with van der Waals surface area (Å²) in [6.45, 7) is 0.980. The Hall–Kier alpha value is -1.00. The van der Waals surface area contributed by atoms with Gasteiger partial charge in [-0.1, -0.05) is 6.07 Å². The molecule has 1 saturated heterocycles. The Balaban J connectivity index is 2.19. The lowest BCUT2D eigenvalue weighted by Gasteiger charge is -2.24. The molecular weight excluding hydrogens is 214 g/mol. The van der Waals surface area contributed by atoms with E-state index >= 15 is 0 Å². The first kappa shape index (κ1) is 11.5. The van der Waals surface area contributed by atoms with Crippen molar-refractivity contribution in [1.29, 1.82) is 0 Å². The number of aliphatic hydroxyl groups excluding tert-OH is 1. The van der Waals surface area contributed by atoms with Gasteiger partial charge in [-0.25, -0.2) is 8.78 Å². The van der Waals surface area contributed by atoms with Crippen LogP contribution in [0.1, 0.15) is 12.0 Å². The third-order valence-electron chi connectivity index (χ3n) is 3.10. The number of hydrogen-bond acceptors (Lipinski definition) is 2. The van der Waals surface area contributed by atoms with Gasteiger partial charge in [0.15, 0.2) is 0 Å². The van der Waals surface area contributed by atoms with E-state index in [1.165, 1.54) is 12.1 Å². The first-order valence-electron chi connectivity index (χ1n) is 5.28. The summed E-state index contributed by atoms with van der Waals surface area (Å²) >= 11 is 0. The van der Waals surface area contributed by atoms with Crippen LogP contribution in [0.25, 0.3) is 0 Å². The van der Waals surface area contributed by atoms with E-state index in [9.17, 15) is 13.9 Å². The van der Waals surface area contributed by atoms with E-state index in [4.69, 9.17) is 4.74 Å². The molecule has 88 valence electrons. The van der Waals surface area contributed by atoms with Gasteiger partial charge in [-0.05, 0) is 24.5 Å². The Morgan fingerprint density at radius 2 is 2.19 bits per heavy atom. The molecule has 1 heterocycles. The van der Waals surface area contributed by atoms with E-state index in [2.05, 4.69) is 0 Å². The third-order valence-corrected chi connectivity index (χ3v) is 3.10. The van der Waals surface area contributed by atoms with Crippen LogP contribution in [0.4, 0.5) is 8.78 Å². The summed E-state index contributed by atoms with van der Waals surface area (Å²) in [5, 5.41) is 9.35. The maximum absolute atomic E-state index is 13.4. The second-order valence-corrected chi connectivity index (χ2v) is 4.37. The van der Waals surface area contributed by atoms with Crippen molar-refractivity contribution in [3.8, 4) is 0 Å². The summed E-state index contributed by atoms with van der Waals surface area (Å²) in [7, 11) is 0. The summed E-state index contributed by atoms with van der Waals surface area (Å²) in [5.41, 5.74) is 0.0273. The second kappa shape index (κ2) is 4.47. The molecule has 1 atom stereocenters. The number of rotatable bonds is 3. The van der Waals surface area contributed by atoms with Gasteiger partial charge in [-0.2, -0.15) is 0 Å². The van der Waals surface area contributed by atoms with E-state index in [1.54, 1.807) is 0 Å². The average molecular weight is 228 g/mol. The zero-order chi connectivity index (χ0) is 11.6. The highest BCUT2D eigenvalue weighted by atomic mass is 19.1. The van der Waals surface area contributed by atoms with Gasteiger partial charge in [0, 0.05) is 18.1 Å². The number of ether oxygens (including phenoxy) is 1. The molecule has 1 aromatic rings. The van der Waals surface area contributed by atoms with Gasteiger partial charge in [0.1, 0.15) is 11.6 Å². The van der Waals surface area contributed by atoms with Gasteiger partial charge in [-0.15, -0.1) is 0 Å². The van der Waals surface area contributed by atoms with Crippen LogP contribution in [0.15, 0.2) is 18.2 Å². The molecule has 4 heteroatoms. The SMILES string of the molecule is OCC1(Cc2ccc(F)cc2F)CCOC1. The highest BCUT2D eigenvalue weighted by molar-refractivity contribution is 5.20. The zero-order valence-electron chi connectivity index (χ0n) is 8.88. The van der Waals surface area contributed by atoms with Crippen LogP contribution in [-0.2, 0) is 11.2 Å². The number of benzene rings is 1. The predicted octanol–water partition coefficient (Wildman–Crippen LogP) is 1.91. The van der Waals surface area contributed by atoms with Crippen molar-refractivity contribution in [2.75, 3.05) is 19.8 Å². The first-order valence-corrected chi connectivity index (χ1v) is 5.28. The Kier molecular flexibility index (Phi) is 3.21. The average Bonchev–Trinajstić information content (AvgIpc) is 2.72. The Morgan fingerprint density at radius 3 is 2.75 bits per heavy atom. The number of halogens is 2. The molecule has 1 aliphatic heterocycles. The summed E-state index contributed by atoms with van der Waals surface area (Å²) in [4.78, 5) is 0. The smallest absolute Gasteiger partial charge is 0.129 e. The van der Waals surface area contributed by atoms with Crippen molar-refractivity contribution < 1.29 is 18.6 Å². The molecule has 16 heavy (non-hydrogen) atoms. The van der Waals surface area contributed by atoms with Crippen molar-refractivity contribution >= 4 is 0 Å². The highest BCUT2D eigenvalue weighted by Crippen LogP contribution is 2.32. The molecule has 0 amide bonds. The molecule has 0 saturated carbocycles. The van der Waals surface area contributed by atoms with E-state index in [-0.39, 0.29) is 6.61 Å². The van der Waals surface area contributed by atoms with E-state index in [0.29, 0.717) is 31.6 Å². The Labute approximate surface area is 92.9 Å². The van der Waals surface area contributed by atoms with Crippen LogP contribution in [0.2, 0.25) is 0 Å². The lowest BCUT2D eigenvalue weighted by atomic mass is 9.82. The minimum absolute atomic E-state index is 0.0379. The predicted molar refractivity (Wildman–Crippen MR) is 55.0 cm³/mol. The van der Waals surface area contributed by atoms with Gasteiger partial charge < -0.3 is 9.84 Å². The number of aliphatic hydroxyl groups is 1. The van der Waals surface area contributed by atoms with Crippen LogP contribution in [0, 0.1) is 17.0 Å². The molecule has 2 rings (SSSR count). The maximum atomic E-state index is 13.4. The van der Waals surface area contributed by atoms with Gasteiger partial charge in [0.2, 0.25) is 0 Å². The molecule has 0 spiro atoms. The van der Waals surface area contributed by atoms with Crippen LogP contribution < -0.4 is 0 Å².